The molecule has 0 spiro atoms. The Hall–Kier alpha value is -2.69. The normalized spacial score (nSPS) is 10.9. The second kappa shape index (κ2) is 4.45. The number of nitrogens with zero attached hydrogens (tertiary/aromatic N) is 3. The van der Waals surface area contributed by atoms with Crippen molar-refractivity contribution in [3.05, 3.63) is 53.5 Å². The molecule has 0 aliphatic carbocycles. The van der Waals surface area contributed by atoms with Crippen molar-refractivity contribution in [1.82, 2.24) is 14.4 Å². The highest BCUT2D eigenvalue weighted by atomic mass is 16.4. The van der Waals surface area contributed by atoms with Gasteiger partial charge in [0, 0.05) is 18.0 Å². The number of aromatic nitrogens is 3. The predicted octanol–water partition coefficient (Wildman–Crippen LogP) is 2.71. The van der Waals surface area contributed by atoms with Crippen LogP contribution in [0.3, 0.4) is 0 Å². The smallest absolute Gasteiger partial charge is 0.355 e. The van der Waals surface area contributed by atoms with Crippen LogP contribution >= 0.6 is 0 Å². The van der Waals surface area contributed by atoms with Gasteiger partial charge in [0.05, 0.1) is 0 Å². The fourth-order valence-electron chi connectivity index (χ4n) is 2.27. The molecule has 2 heterocycles. The zero-order chi connectivity index (χ0) is 14.3. The summed E-state index contributed by atoms with van der Waals surface area (Å²) >= 11 is 0. The monoisotopic (exact) mass is 267 g/mol. The maximum Gasteiger partial charge on any atom is 0.355 e. The van der Waals surface area contributed by atoms with Gasteiger partial charge in [-0.3, -0.25) is 4.40 Å². The molecule has 0 bridgehead atoms. The van der Waals surface area contributed by atoms with E-state index in [1.165, 1.54) is 4.40 Å². The van der Waals surface area contributed by atoms with E-state index in [4.69, 9.17) is 0 Å². The third-order valence-electron chi connectivity index (χ3n) is 3.25. The van der Waals surface area contributed by atoms with Crippen LogP contribution in [0.2, 0.25) is 0 Å². The lowest BCUT2D eigenvalue weighted by Gasteiger charge is -2.05. The van der Waals surface area contributed by atoms with Crippen LogP contribution in [0.25, 0.3) is 17.0 Å². The minimum Gasteiger partial charge on any atom is -0.476 e. The molecule has 5 heteroatoms. The summed E-state index contributed by atoms with van der Waals surface area (Å²) in [4.78, 5) is 20.1. The van der Waals surface area contributed by atoms with Gasteiger partial charge in [0.25, 0.3) is 0 Å². The second-order valence-corrected chi connectivity index (χ2v) is 4.72. The number of hydrogen-bond acceptors (Lipinski definition) is 3. The SMILES string of the molecule is Cc1ccc(C)c(-c2nc3ncccn3c2C(=O)O)c1. The Morgan fingerprint density at radius 2 is 2.10 bits per heavy atom. The molecule has 0 aliphatic heterocycles. The number of carboxylic acid groups (broad SMARTS) is 1. The van der Waals surface area contributed by atoms with E-state index in [0.29, 0.717) is 11.5 Å². The lowest BCUT2D eigenvalue weighted by Crippen LogP contribution is -2.04. The van der Waals surface area contributed by atoms with E-state index in [-0.39, 0.29) is 5.69 Å². The van der Waals surface area contributed by atoms with E-state index >= 15 is 0 Å². The first-order valence-corrected chi connectivity index (χ1v) is 6.22. The van der Waals surface area contributed by atoms with Crippen LogP contribution in [0.15, 0.2) is 36.7 Å². The van der Waals surface area contributed by atoms with Crippen molar-refractivity contribution >= 4 is 11.7 Å². The molecule has 0 radical (unpaired) electrons. The fraction of sp³-hybridized carbons (Fsp3) is 0.133. The second-order valence-electron chi connectivity index (χ2n) is 4.72. The molecule has 0 fully saturated rings. The Bertz CT molecular complexity index is 821. The van der Waals surface area contributed by atoms with Crippen LogP contribution in [0.4, 0.5) is 0 Å². The third-order valence-corrected chi connectivity index (χ3v) is 3.25. The number of carbonyl (C=O) groups is 1. The van der Waals surface area contributed by atoms with Crippen LogP contribution in [0.5, 0.6) is 0 Å². The molecule has 1 aromatic carbocycles. The quantitative estimate of drug-likeness (QED) is 0.775. The molecule has 3 aromatic rings. The summed E-state index contributed by atoms with van der Waals surface area (Å²) in [6.45, 7) is 3.91. The molecular weight excluding hydrogens is 254 g/mol. The van der Waals surface area contributed by atoms with Gasteiger partial charge in [-0.2, -0.15) is 0 Å². The van der Waals surface area contributed by atoms with Gasteiger partial charge < -0.3 is 5.11 Å². The fourth-order valence-corrected chi connectivity index (χ4v) is 2.27. The van der Waals surface area contributed by atoms with Crippen molar-refractivity contribution < 1.29 is 9.90 Å². The van der Waals surface area contributed by atoms with Gasteiger partial charge in [-0.15, -0.1) is 0 Å². The lowest BCUT2D eigenvalue weighted by atomic mass is 10.0. The van der Waals surface area contributed by atoms with Gasteiger partial charge in [0.2, 0.25) is 5.78 Å². The van der Waals surface area contributed by atoms with Crippen molar-refractivity contribution in [1.29, 1.82) is 0 Å². The number of benzene rings is 1. The Labute approximate surface area is 115 Å². The number of fused-ring (bicyclic) bond motifs is 1. The predicted molar refractivity (Wildman–Crippen MR) is 74.9 cm³/mol. The largest absolute Gasteiger partial charge is 0.476 e. The first kappa shape index (κ1) is 12.3. The molecular formula is C15H13N3O2. The van der Waals surface area contributed by atoms with Crippen molar-refractivity contribution in [3.8, 4) is 11.3 Å². The molecule has 2 aromatic heterocycles. The van der Waals surface area contributed by atoms with E-state index < -0.39 is 5.97 Å². The summed E-state index contributed by atoms with van der Waals surface area (Å²) in [5.41, 5.74) is 3.47. The maximum absolute atomic E-state index is 11.6. The number of imidazole rings is 1. The van der Waals surface area contributed by atoms with E-state index in [1.54, 1.807) is 18.5 Å². The molecule has 0 saturated heterocycles. The van der Waals surface area contributed by atoms with Gasteiger partial charge in [0.1, 0.15) is 5.69 Å². The van der Waals surface area contributed by atoms with Crippen molar-refractivity contribution in [2.45, 2.75) is 13.8 Å². The van der Waals surface area contributed by atoms with Gasteiger partial charge in [0.15, 0.2) is 5.69 Å². The van der Waals surface area contributed by atoms with Crippen LogP contribution < -0.4 is 0 Å². The summed E-state index contributed by atoms with van der Waals surface area (Å²) < 4.78 is 1.50. The highest BCUT2D eigenvalue weighted by Crippen LogP contribution is 2.27. The highest BCUT2D eigenvalue weighted by Gasteiger charge is 2.21. The minimum atomic E-state index is -1.01. The summed E-state index contributed by atoms with van der Waals surface area (Å²) in [5.74, 6) is -0.623. The first-order valence-electron chi connectivity index (χ1n) is 6.22. The third kappa shape index (κ3) is 1.84. The van der Waals surface area contributed by atoms with E-state index in [9.17, 15) is 9.90 Å². The summed E-state index contributed by atoms with van der Waals surface area (Å²) in [5, 5.41) is 9.49. The maximum atomic E-state index is 11.6. The average molecular weight is 267 g/mol. The van der Waals surface area contributed by atoms with Crippen molar-refractivity contribution in [2.24, 2.45) is 0 Å². The number of carboxylic acids is 1. The van der Waals surface area contributed by atoms with Crippen LogP contribution in [0.1, 0.15) is 21.6 Å². The molecule has 100 valence electrons. The zero-order valence-electron chi connectivity index (χ0n) is 11.2. The average Bonchev–Trinajstić information content (AvgIpc) is 2.80. The lowest BCUT2D eigenvalue weighted by molar-refractivity contribution is 0.0690. The molecule has 3 rings (SSSR count). The molecule has 20 heavy (non-hydrogen) atoms. The summed E-state index contributed by atoms with van der Waals surface area (Å²) in [6.07, 6.45) is 3.26. The minimum absolute atomic E-state index is 0.141. The van der Waals surface area contributed by atoms with Gasteiger partial charge in [-0.1, -0.05) is 17.7 Å². The van der Waals surface area contributed by atoms with E-state index in [0.717, 1.165) is 16.7 Å². The molecule has 0 amide bonds. The van der Waals surface area contributed by atoms with Crippen LogP contribution in [-0.4, -0.2) is 25.4 Å². The molecule has 0 saturated carbocycles. The summed E-state index contributed by atoms with van der Waals surface area (Å²) in [7, 11) is 0. The Morgan fingerprint density at radius 3 is 2.85 bits per heavy atom. The zero-order valence-corrected chi connectivity index (χ0v) is 11.2. The highest BCUT2D eigenvalue weighted by molar-refractivity contribution is 5.95. The molecule has 5 nitrogen and oxygen atoms in total. The van der Waals surface area contributed by atoms with Gasteiger partial charge in [-0.25, -0.2) is 14.8 Å². The van der Waals surface area contributed by atoms with Gasteiger partial charge in [-0.05, 0) is 31.5 Å². The summed E-state index contributed by atoms with van der Waals surface area (Å²) in [6, 6.07) is 7.60. The standard InChI is InChI=1S/C15H13N3O2/c1-9-4-5-10(2)11(8-9)12-13(14(19)20)18-7-3-6-16-15(18)17-12/h3-8H,1-2H3,(H,19,20). The number of rotatable bonds is 2. The topological polar surface area (TPSA) is 67.5 Å². The molecule has 0 atom stereocenters. The van der Waals surface area contributed by atoms with E-state index in [2.05, 4.69) is 9.97 Å². The Balaban J connectivity index is 2.38. The van der Waals surface area contributed by atoms with Crippen molar-refractivity contribution in [3.63, 3.8) is 0 Å². The molecule has 0 aliphatic rings. The first-order chi connectivity index (χ1) is 9.58. The molecule has 1 N–H and O–H groups in total. The number of aromatic carboxylic acids is 1. The van der Waals surface area contributed by atoms with Gasteiger partial charge >= 0.3 is 5.97 Å². The van der Waals surface area contributed by atoms with Crippen molar-refractivity contribution in [2.75, 3.05) is 0 Å². The van der Waals surface area contributed by atoms with Crippen LogP contribution in [0, 0.1) is 13.8 Å². The Kier molecular flexibility index (Phi) is 2.75. The molecule has 0 unspecified atom stereocenters. The van der Waals surface area contributed by atoms with Crippen LogP contribution in [-0.2, 0) is 0 Å². The Morgan fingerprint density at radius 1 is 1.30 bits per heavy atom. The number of aryl methyl sites for hydroxylation is 2. The van der Waals surface area contributed by atoms with E-state index in [1.807, 2.05) is 32.0 Å². The number of hydrogen-bond donors (Lipinski definition) is 1.